The molecule has 5 aromatic rings. The fourth-order valence-electron chi connectivity index (χ4n) is 4.40. The molecule has 0 aliphatic rings. The van der Waals surface area contributed by atoms with Crippen molar-refractivity contribution in [1.29, 1.82) is 0 Å². The minimum absolute atomic E-state index is 0.740. The summed E-state index contributed by atoms with van der Waals surface area (Å²) >= 11 is 7.31. The maximum atomic E-state index is 6.25. The van der Waals surface area contributed by atoms with Crippen molar-refractivity contribution in [1.82, 2.24) is 0 Å². The van der Waals surface area contributed by atoms with Crippen LogP contribution in [0.3, 0.4) is 0 Å². The minimum Gasteiger partial charge on any atom is -0.456 e. The summed E-state index contributed by atoms with van der Waals surface area (Å²) in [6, 6.07) is 24.7. The van der Waals surface area contributed by atoms with Crippen LogP contribution in [0.4, 0.5) is 0 Å². The molecule has 0 saturated heterocycles. The summed E-state index contributed by atoms with van der Waals surface area (Å²) in [6.45, 7) is 4.42. The molecule has 0 saturated carbocycles. The van der Waals surface area contributed by atoms with Gasteiger partial charge in [-0.3, -0.25) is 0 Å². The molecule has 0 bridgehead atoms. The van der Waals surface area contributed by atoms with E-state index in [9.17, 15) is 0 Å². The van der Waals surface area contributed by atoms with E-state index in [0.717, 1.165) is 66.7 Å². The van der Waals surface area contributed by atoms with E-state index in [-0.39, 0.29) is 0 Å². The number of hydrogen-bond donors (Lipinski definition) is 0. The third kappa shape index (κ3) is 6.05. The molecule has 5 heteroatoms. The molecule has 190 valence electrons. The molecule has 0 atom stereocenters. The minimum atomic E-state index is 0.740. The van der Waals surface area contributed by atoms with Gasteiger partial charge in [0.1, 0.15) is 34.2 Å². The number of fused-ring (bicyclic) bond motifs is 3. The molecule has 0 amide bonds. The van der Waals surface area contributed by atoms with Gasteiger partial charge >= 0.3 is 0 Å². The van der Waals surface area contributed by atoms with Gasteiger partial charge in [-0.25, -0.2) is 0 Å². The topological polar surface area (TPSA) is 31.6 Å². The molecular weight excluding hydrogens is 592 g/mol. The van der Waals surface area contributed by atoms with Gasteiger partial charge in [0.15, 0.2) is 0 Å². The first kappa shape index (κ1) is 25.9. The van der Waals surface area contributed by atoms with Gasteiger partial charge in [0, 0.05) is 10.8 Å². The maximum absolute atomic E-state index is 6.25. The van der Waals surface area contributed by atoms with Crippen LogP contribution in [0.15, 0.2) is 86.2 Å². The Labute approximate surface area is 235 Å². The van der Waals surface area contributed by atoms with E-state index < -0.39 is 0 Å². The predicted octanol–water partition coefficient (Wildman–Crippen LogP) is 11.4. The van der Waals surface area contributed by atoms with Crippen LogP contribution >= 0.6 is 31.9 Å². The lowest BCUT2D eigenvalue weighted by molar-refractivity contribution is 0.479. The average molecular weight is 622 g/mol. The zero-order chi connectivity index (χ0) is 25.8. The first-order valence-electron chi connectivity index (χ1n) is 12.9. The Balaban J connectivity index is 1.43. The summed E-state index contributed by atoms with van der Waals surface area (Å²) in [7, 11) is 0. The second-order valence-corrected chi connectivity index (χ2v) is 11.1. The Bertz CT molecular complexity index is 1390. The number of unbranched alkanes of at least 4 members (excludes halogenated alkanes) is 2. The SMILES string of the molecule is CCCCc1ccc(Oc2cc3c(cc2Br)oc2cc(Br)c(Oc4ccc(CCCC)cc4)cc23)cc1. The van der Waals surface area contributed by atoms with E-state index in [1.165, 1.54) is 36.8 Å². The third-order valence-electron chi connectivity index (χ3n) is 6.52. The summed E-state index contributed by atoms with van der Waals surface area (Å²) in [5.74, 6) is 3.10. The number of rotatable bonds is 10. The highest BCUT2D eigenvalue weighted by atomic mass is 79.9. The normalized spacial score (nSPS) is 11.4. The Morgan fingerprint density at radius 3 is 1.38 bits per heavy atom. The van der Waals surface area contributed by atoms with E-state index in [4.69, 9.17) is 13.9 Å². The lowest BCUT2D eigenvalue weighted by atomic mass is 10.1. The molecule has 1 aromatic heterocycles. The fraction of sp³-hybridized carbons (Fsp3) is 0.250. The monoisotopic (exact) mass is 620 g/mol. The molecule has 37 heavy (non-hydrogen) atoms. The van der Waals surface area contributed by atoms with Crippen molar-refractivity contribution in [3.63, 3.8) is 0 Å². The molecular formula is C32H30Br2O3. The lowest BCUT2D eigenvalue weighted by Crippen LogP contribution is -1.89. The van der Waals surface area contributed by atoms with Crippen molar-refractivity contribution in [2.45, 2.75) is 52.4 Å². The fourth-order valence-corrected chi connectivity index (χ4v) is 5.21. The summed E-state index contributed by atoms with van der Waals surface area (Å²) in [5, 5.41) is 1.94. The first-order chi connectivity index (χ1) is 18.0. The van der Waals surface area contributed by atoms with Crippen molar-refractivity contribution in [3.8, 4) is 23.0 Å². The van der Waals surface area contributed by atoms with Gasteiger partial charge in [0.25, 0.3) is 0 Å². The van der Waals surface area contributed by atoms with E-state index in [1.54, 1.807) is 0 Å². The second-order valence-electron chi connectivity index (χ2n) is 9.36. The molecule has 0 spiro atoms. The Hall–Kier alpha value is -2.76. The molecule has 0 aliphatic carbocycles. The average Bonchev–Trinajstić information content (AvgIpc) is 3.23. The van der Waals surface area contributed by atoms with Gasteiger partial charge in [0.05, 0.1) is 8.95 Å². The van der Waals surface area contributed by atoms with Gasteiger partial charge in [-0.2, -0.15) is 0 Å². The number of hydrogen-bond acceptors (Lipinski definition) is 3. The molecule has 0 fully saturated rings. The predicted molar refractivity (Wildman–Crippen MR) is 159 cm³/mol. The molecule has 4 aromatic carbocycles. The zero-order valence-electron chi connectivity index (χ0n) is 21.2. The van der Waals surface area contributed by atoms with Crippen molar-refractivity contribution in [2.24, 2.45) is 0 Å². The van der Waals surface area contributed by atoms with Crippen LogP contribution in [0.2, 0.25) is 0 Å². The largest absolute Gasteiger partial charge is 0.456 e. The van der Waals surface area contributed by atoms with Gasteiger partial charge < -0.3 is 13.9 Å². The molecule has 0 radical (unpaired) electrons. The maximum Gasteiger partial charge on any atom is 0.142 e. The molecule has 0 N–H and O–H groups in total. The van der Waals surface area contributed by atoms with Crippen LogP contribution < -0.4 is 9.47 Å². The Kier molecular flexibility index (Phi) is 8.21. The third-order valence-corrected chi connectivity index (χ3v) is 7.76. The highest BCUT2D eigenvalue weighted by Gasteiger charge is 2.16. The molecule has 1 heterocycles. The van der Waals surface area contributed by atoms with Gasteiger partial charge in [0.2, 0.25) is 0 Å². The highest BCUT2D eigenvalue weighted by Crippen LogP contribution is 2.42. The number of halogens is 2. The van der Waals surface area contributed by atoms with E-state index >= 15 is 0 Å². The van der Waals surface area contributed by atoms with Crippen LogP contribution in [0.5, 0.6) is 23.0 Å². The quantitative estimate of drug-likeness (QED) is 0.155. The van der Waals surface area contributed by atoms with Crippen LogP contribution in [-0.2, 0) is 12.8 Å². The summed E-state index contributed by atoms with van der Waals surface area (Å²) in [4.78, 5) is 0. The van der Waals surface area contributed by atoms with Crippen LogP contribution in [0, 0.1) is 0 Å². The second kappa shape index (κ2) is 11.7. The van der Waals surface area contributed by atoms with E-state index in [2.05, 4.69) is 70.0 Å². The van der Waals surface area contributed by atoms with Gasteiger partial charge in [-0.1, -0.05) is 51.0 Å². The van der Waals surface area contributed by atoms with Crippen LogP contribution in [0.25, 0.3) is 21.9 Å². The zero-order valence-corrected chi connectivity index (χ0v) is 24.3. The number of aryl methyl sites for hydroxylation is 2. The van der Waals surface area contributed by atoms with Crippen molar-refractivity contribution in [3.05, 3.63) is 92.9 Å². The van der Waals surface area contributed by atoms with Crippen LogP contribution in [-0.4, -0.2) is 0 Å². The number of benzene rings is 4. The lowest BCUT2D eigenvalue weighted by Gasteiger charge is -2.10. The van der Waals surface area contributed by atoms with Gasteiger partial charge in [-0.15, -0.1) is 0 Å². The molecule has 5 rings (SSSR count). The highest BCUT2D eigenvalue weighted by molar-refractivity contribution is 9.11. The standard InChI is InChI=1S/C32H30Br2O3/c1-3-5-7-21-9-13-23(14-10-21)35-31-17-25-26-18-32(28(34)20-30(26)37-29(25)19-27(31)33)36-24-15-11-22(12-16-24)8-6-4-2/h9-20H,3-8H2,1-2H3. The summed E-state index contributed by atoms with van der Waals surface area (Å²) in [5.41, 5.74) is 4.23. The molecule has 0 unspecified atom stereocenters. The summed E-state index contributed by atoms with van der Waals surface area (Å²) in [6.07, 6.45) is 6.97. The van der Waals surface area contributed by atoms with Crippen LogP contribution in [0.1, 0.15) is 50.7 Å². The molecule has 3 nitrogen and oxygen atoms in total. The van der Waals surface area contributed by atoms with Gasteiger partial charge in [-0.05, 0) is 117 Å². The van der Waals surface area contributed by atoms with Crippen molar-refractivity contribution in [2.75, 3.05) is 0 Å². The van der Waals surface area contributed by atoms with E-state index in [0.29, 0.717) is 0 Å². The summed E-state index contributed by atoms with van der Waals surface area (Å²) < 4.78 is 20.4. The van der Waals surface area contributed by atoms with Crippen molar-refractivity contribution >= 4 is 53.8 Å². The smallest absolute Gasteiger partial charge is 0.142 e. The Morgan fingerprint density at radius 1 is 0.595 bits per heavy atom. The Morgan fingerprint density at radius 2 is 1.00 bits per heavy atom. The number of furan rings is 1. The molecule has 0 aliphatic heterocycles. The number of ether oxygens (including phenoxy) is 2. The van der Waals surface area contributed by atoms with Crippen molar-refractivity contribution < 1.29 is 13.9 Å². The first-order valence-corrected chi connectivity index (χ1v) is 14.5. The van der Waals surface area contributed by atoms with E-state index in [1.807, 2.05) is 48.5 Å².